The first-order chi connectivity index (χ1) is 27.3. The van der Waals surface area contributed by atoms with Crippen molar-refractivity contribution in [1.29, 1.82) is 0 Å². The molecular formula is C50H31N3OS. The predicted octanol–water partition coefficient (Wildman–Crippen LogP) is 14.4. The SMILES string of the molecule is c1ccc(-c2cc(-c3cc4c(oc5cccc(N(c6ccccc6)c6ccc7c(c6)sc6ccccc67)c54)c4ccccc34)nc(-c3ccccc3)n2)cc1. The summed E-state index contributed by atoms with van der Waals surface area (Å²) in [7, 11) is 0. The number of benzene rings is 8. The zero-order chi connectivity index (χ0) is 36.3. The van der Waals surface area contributed by atoms with Crippen molar-refractivity contribution in [2.75, 3.05) is 4.90 Å². The summed E-state index contributed by atoms with van der Waals surface area (Å²) in [4.78, 5) is 12.7. The lowest BCUT2D eigenvalue weighted by Gasteiger charge is -2.26. The molecule has 0 aliphatic heterocycles. The van der Waals surface area contributed by atoms with E-state index >= 15 is 0 Å². The molecule has 11 aromatic rings. The Labute approximate surface area is 321 Å². The van der Waals surface area contributed by atoms with Gasteiger partial charge in [-0.25, -0.2) is 9.97 Å². The third-order valence-electron chi connectivity index (χ3n) is 10.5. The number of nitrogens with zero attached hydrogens (tertiary/aromatic N) is 3. The van der Waals surface area contributed by atoms with Crippen LogP contribution in [-0.2, 0) is 0 Å². The number of rotatable bonds is 6. The van der Waals surface area contributed by atoms with Crippen molar-refractivity contribution < 1.29 is 4.42 Å². The smallest absolute Gasteiger partial charge is 0.160 e. The molecule has 4 nitrogen and oxygen atoms in total. The van der Waals surface area contributed by atoms with E-state index in [2.05, 4.69) is 169 Å². The molecule has 3 aromatic heterocycles. The zero-order valence-electron chi connectivity index (χ0n) is 29.6. The Hall–Kier alpha value is -7.08. The quantitative estimate of drug-likeness (QED) is 0.171. The predicted molar refractivity (Wildman–Crippen MR) is 231 cm³/mol. The van der Waals surface area contributed by atoms with Crippen LogP contribution in [0.25, 0.3) is 86.8 Å². The van der Waals surface area contributed by atoms with Gasteiger partial charge in [0.2, 0.25) is 0 Å². The van der Waals surface area contributed by atoms with Crippen molar-refractivity contribution in [3.05, 3.63) is 188 Å². The van der Waals surface area contributed by atoms with Crippen LogP contribution >= 0.6 is 11.3 Å². The van der Waals surface area contributed by atoms with Crippen molar-refractivity contribution in [1.82, 2.24) is 9.97 Å². The number of para-hydroxylation sites is 1. The van der Waals surface area contributed by atoms with Crippen LogP contribution in [-0.4, -0.2) is 9.97 Å². The lowest BCUT2D eigenvalue weighted by molar-refractivity contribution is 0.672. The van der Waals surface area contributed by atoms with Gasteiger partial charge in [0.1, 0.15) is 11.2 Å². The maximum absolute atomic E-state index is 6.86. The Bertz CT molecular complexity index is 3150. The summed E-state index contributed by atoms with van der Waals surface area (Å²) in [6, 6.07) is 66.0. The summed E-state index contributed by atoms with van der Waals surface area (Å²) in [5.41, 5.74) is 9.65. The van der Waals surface area contributed by atoms with Crippen molar-refractivity contribution >= 4 is 81.3 Å². The maximum atomic E-state index is 6.86. The minimum atomic E-state index is 0.686. The Balaban J connectivity index is 1.19. The monoisotopic (exact) mass is 721 g/mol. The molecule has 0 fully saturated rings. The standard InChI is InChI=1S/C50H31N3OS/c1-4-15-32(16-5-1)42-31-43(52-50(51-42)33-17-6-2-7-18-33)40-30-41-48-44(24-14-25-45(48)54-49(41)39-23-11-10-21-36(39)40)53(34-19-8-3-9-20-34)35-27-28-38-37-22-12-13-26-46(37)55-47(38)29-35/h1-31H. The number of furan rings is 1. The zero-order valence-corrected chi connectivity index (χ0v) is 30.4. The molecule has 0 aliphatic rings. The minimum absolute atomic E-state index is 0.686. The van der Waals surface area contributed by atoms with Gasteiger partial charge < -0.3 is 9.32 Å². The van der Waals surface area contributed by atoms with Crippen LogP contribution in [0.2, 0.25) is 0 Å². The van der Waals surface area contributed by atoms with Gasteiger partial charge in [-0.2, -0.15) is 0 Å². The molecule has 5 heteroatoms. The highest BCUT2D eigenvalue weighted by Gasteiger charge is 2.23. The molecule has 3 heterocycles. The third-order valence-corrected chi connectivity index (χ3v) is 11.6. The summed E-state index contributed by atoms with van der Waals surface area (Å²) in [6.07, 6.45) is 0. The van der Waals surface area contributed by atoms with Crippen LogP contribution in [0, 0.1) is 0 Å². The first-order valence-electron chi connectivity index (χ1n) is 18.4. The van der Waals surface area contributed by atoms with Gasteiger partial charge in [0.05, 0.1) is 22.5 Å². The fourth-order valence-corrected chi connectivity index (χ4v) is 9.08. The maximum Gasteiger partial charge on any atom is 0.160 e. The number of hydrogen-bond donors (Lipinski definition) is 0. The molecule has 0 unspecified atom stereocenters. The first-order valence-corrected chi connectivity index (χ1v) is 19.2. The fourth-order valence-electron chi connectivity index (χ4n) is 7.94. The van der Waals surface area contributed by atoms with Crippen LogP contribution in [0.5, 0.6) is 0 Å². The van der Waals surface area contributed by atoms with Gasteiger partial charge in [-0.3, -0.25) is 0 Å². The van der Waals surface area contributed by atoms with Gasteiger partial charge in [-0.15, -0.1) is 11.3 Å². The molecule has 0 amide bonds. The average molecular weight is 722 g/mol. The highest BCUT2D eigenvalue weighted by atomic mass is 32.1. The summed E-state index contributed by atoms with van der Waals surface area (Å²) < 4.78 is 9.40. The van der Waals surface area contributed by atoms with E-state index < -0.39 is 0 Å². The largest absolute Gasteiger partial charge is 0.455 e. The number of aromatic nitrogens is 2. The highest BCUT2D eigenvalue weighted by molar-refractivity contribution is 7.25. The van der Waals surface area contributed by atoms with E-state index in [1.54, 1.807) is 0 Å². The van der Waals surface area contributed by atoms with Crippen LogP contribution < -0.4 is 4.90 Å². The lowest BCUT2D eigenvalue weighted by Crippen LogP contribution is -2.10. The molecule has 0 bridgehead atoms. The van der Waals surface area contributed by atoms with Gasteiger partial charge in [0, 0.05) is 59.0 Å². The normalized spacial score (nSPS) is 11.6. The third kappa shape index (κ3) is 5.28. The van der Waals surface area contributed by atoms with Gasteiger partial charge in [0.25, 0.3) is 0 Å². The summed E-state index contributed by atoms with van der Waals surface area (Å²) >= 11 is 1.83. The van der Waals surface area contributed by atoms with E-state index in [-0.39, 0.29) is 0 Å². The van der Waals surface area contributed by atoms with Gasteiger partial charge in [0.15, 0.2) is 5.82 Å². The molecular weight excluding hydrogens is 691 g/mol. The van der Waals surface area contributed by atoms with Gasteiger partial charge in [-0.1, -0.05) is 133 Å². The average Bonchev–Trinajstić information content (AvgIpc) is 3.83. The van der Waals surface area contributed by atoms with Crippen molar-refractivity contribution in [3.8, 4) is 33.9 Å². The summed E-state index contributed by atoms with van der Waals surface area (Å²) in [5.74, 6) is 0.686. The number of fused-ring (bicyclic) bond motifs is 8. The Kier molecular flexibility index (Phi) is 7.32. The summed E-state index contributed by atoms with van der Waals surface area (Å²) in [6.45, 7) is 0. The fraction of sp³-hybridized carbons (Fsp3) is 0. The van der Waals surface area contributed by atoms with E-state index in [4.69, 9.17) is 14.4 Å². The van der Waals surface area contributed by atoms with Crippen molar-refractivity contribution in [2.24, 2.45) is 0 Å². The Morgan fingerprint density at radius 1 is 0.436 bits per heavy atom. The molecule has 55 heavy (non-hydrogen) atoms. The highest BCUT2D eigenvalue weighted by Crippen LogP contribution is 2.47. The molecule has 11 rings (SSSR count). The van der Waals surface area contributed by atoms with Gasteiger partial charge in [-0.05, 0) is 60.0 Å². The van der Waals surface area contributed by atoms with E-state index in [1.807, 2.05) is 35.6 Å². The van der Waals surface area contributed by atoms with E-state index in [1.165, 1.54) is 20.2 Å². The second-order valence-corrected chi connectivity index (χ2v) is 14.8. The van der Waals surface area contributed by atoms with Crippen LogP contribution in [0.4, 0.5) is 17.1 Å². The number of thiophene rings is 1. The van der Waals surface area contributed by atoms with E-state index in [0.29, 0.717) is 5.82 Å². The second-order valence-electron chi connectivity index (χ2n) is 13.7. The lowest BCUT2D eigenvalue weighted by atomic mass is 9.96. The molecule has 8 aromatic carbocycles. The van der Waals surface area contributed by atoms with Crippen LogP contribution in [0.15, 0.2) is 192 Å². The van der Waals surface area contributed by atoms with Crippen LogP contribution in [0.1, 0.15) is 0 Å². The van der Waals surface area contributed by atoms with Crippen molar-refractivity contribution in [2.45, 2.75) is 0 Å². The van der Waals surface area contributed by atoms with E-state index in [9.17, 15) is 0 Å². The Morgan fingerprint density at radius 2 is 1.09 bits per heavy atom. The molecule has 0 spiro atoms. The van der Waals surface area contributed by atoms with Gasteiger partial charge >= 0.3 is 0 Å². The molecule has 0 atom stereocenters. The molecule has 0 radical (unpaired) electrons. The number of hydrogen-bond acceptors (Lipinski definition) is 5. The van der Waals surface area contributed by atoms with Crippen LogP contribution in [0.3, 0.4) is 0 Å². The molecule has 0 saturated carbocycles. The summed E-state index contributed by atoms with van der Waals surface area (Å²) in [5, 5.41) is 6.75. The molecule has 258 valence electrons. The van der Waals surface area contributed by atoms with Crippen molar-refractivity contribution in [3.63, 3.8) is 0 Å². The second kappa shape index (κ2) is 12.8. The first kappa shape index (κ1) is 31.4. The molecule has 0 saturated heterocycles. The number of anilines is 3. The molecule has 0 aliphatic carbocycles. The topological polar surface area (TPSA) is 42.2 Å². The van der Waals surface area contributed by atoms with E-state index in [0.717, 1.165) is 77.9 Å². The molecule has 0 N–H and O–H groups in total. The minimum Gasteiger partial charge on any atom is -0.455 e. The Morgan fingerprint density at radius 3 is 1.89 bits per heavy atom.